The maximum Gasteiger partial charge on any atom is 0.127 e. The molecule has 0 radical (unpaired) electrons. The van der Waals surface area contributed by atoms with Crippen LogP contribution >= 0.6 is 11.8 Å². The highest BCUT2D eigenvalue weighted by atomic mass is 32.2. The van der Waals surface area contributed by atoms with Crippen LogP contribution in [0, 0.1) is 11.6 Å². The van der Waals surface area contributed by atoms with Crippen molar-refractivity contribution in [2.45, 2.75) is 17.9 Å². The van der Waals surface area contributed by atoms with Crippen molar-refractivity contribution >= 4 is 11.8 Å². The van der Waals surface area contributed by atoms with Crippen molar-refractivity contribution in [3.8, 4) is 0 Å². The first-order valence-corrected chi connectivity index (χ1v) is 5.44. The molecule has 78 valence electrons. The molecule has 0 aliphatic heterocycles. The van der Waals surface area contributed by atoms with Gasteiger partial charge in [0.15, 0.2) is 0 Å². The summed E-state index contributed by atoms with van der Waals surface area (Å²) in [6, 6.07) is 3.50. The molecule has 1 atom stereocenters. The summed E-state index contributed by atoms with van der Waals surface area (Å²) in [6.07, 6.45) is 0. The Morgan fingerprint density at radius 1 is 1.43 bits per heavy atom. The van der Waals surface area contributed by atoms with Gasteiger partial charge < -0.3 is 5.73 Å². The van der Waals surface area contributed by atoms with Crippen LogP contribution in [-0.2, 0) is 5.75 Å². The number of nitrogens with two attached hydrogens (primary N) is 1. The molecular weight excluding hydrogens is 204 g/mol. The van der Waals surface area contributed by atoms with E-state index in [4.69, 9.17) is 5.73 Å². The van der Waals surface area contributed by atoms with Crippen molar-refractivity contribution < 1.29 is 8.78 Å². The molecule has 0 aromatic heterocycles. The molecule has 1 aromatic carbocycles. The van der Waals surface area contributed by atoms with E-state index in [1.807, 2.05) is 6.92 Å². The summed E-state index contributed by atoms with van der Waals surface area (Å²) >= 11 is 1.52. The van der Waals surface area contributed by atoms with E-state index in [2.05, 4.69) is 0 Å². The zero-order valence-corrected chi connectivity index (χ0v) is 8.78. The number of hydrogen-bond donors (Lipinski definition) is 1. The second kappa shape index (κ2) is 5.32. The van der Waals surface area contributed by atoms with Crippen LogP contribution in [0.25, 0.3) is 0 Å². The van der Waals surface area contributed by atoms with Crippen LogP contribution in [0.2, 0.25) is 0 Å². The number of thioether (sulfide) groups is 1. The van der Waals surface area contributed by atoms with Gasteiger partial charge in [0.05, 0.1) is 0 Å². The summed E-state index contributed by atoms with van der Waals surface area (Å²) in [5, 5.41) is 0.262. The molecule has 0 saturated carbocycles. The lowest BCUT2D eigenvalue weighted by Crippen LogP contribution is -2.12. The summed E-state index contributed by atoms with van der Waals surface area (Å²) in [4.78, 5) is 0. The maximum atomic E-state index is 13.1. The Morgan fingerprint density at radius 3 is 2.79 bits per heavy atom. The summed E-state index contributed by atoms with van der Waals surface area (Å²) in [5.41, 5.74) is 5.81. The summed E-state index contributed by atoms with van der Waals surface area (Å²) in [5.74, 6) is -0.298. The third-order valence-electron chi connectivity index (χ3n) is 1.86. The summed E-state index contributed by atoms with van der Waals surface area (Å²) in [6.45, 7) is 2.50. The van der Waals surface area contributed by atoms with Gasteiger partial charge in [0.1, 0.15) is 11.6 Å². The predicted octanol–water partition coefficient (Wildman–Crippen LogP) is 2.55. The molecule has 0 bridgehead atoms. The third-order valence-corrected chi connectivity index (χ3v) is 3.10. The van der Waals surface area contributed by atoms with Crippen molar-refractivity contribution in [3.63, 3.8) is 0 Å². The number of halogens is 2. The largest absolute Gasteiger partial charge is 0.329 e. The Kier molecular flexibility index (Phi) is 4.35. The van der Waals surface area contributed by atoms with E-state index in [9.17, 15) is 8.78 Å². The fourth-order valence-electron chi connectivity index (χ4n) is 0.954. The molecule has 14 heavy (non-hydrogen) atoms. The molecule has 0 heterocycles. The molecule has 0 amide bonds. The number of hydrogen-bond acceptors (Lipinski definition) is 2. The zero-order valence-electron chi connectivity index (χ0n) is 7.97. The minimum Gasteiger partial charge on any atom is -0.329 e. The van der Waals surface area contributed by atoms with Gasteiger partial charge in [-0.3, -0.25) is 0 Å². The third kappa shape index (κ3) is 3.27. The number of rotatable bonds is 4. The normalized spacial score (nSPS) is 12.9. The van der Waals surface area contributed by atoms with E-state index in [0.29, 0.717) is 17.9 Å². The average molecular weight is 217 g/mol. The van der Waals surface area contributed by atoms with Crippen LogP contribution in [0.5, 0.6) is 0 Å². The van der Waals surface area contributed by atoms with Gasteiger partial charge in [0.2, 0.25) is 0 Å². The van der Waals surface area contributed by atoms with Crippen molar-refractivity contribution in [3.05, 3.63) is 35.4 Å². The molecule has 0 aliphatic rings. The highest BCUT2D eigenvalue weighted by Crippen LogP contribution is 2.19. The van der Waals surface area contributed by atoms with Crippen molar-refractivity contribution in [1.29, 1.82) is 0 Å². The van der Waals surface area contributed by atoms with E-state index >= 15 is 0 Å². The molecule has 1 unspecified atom stereocenters. The van der Waals surface area contributed by atoms with Crippen LogP contribution in [0.1, 0.15) is 12.5 Å². The quantitative estimate of drug-likeness (QED) is 0.838. The second-order valence-corrected chi connectivity index (χ2v) is 4.52. The molecule has 1 aromatic rings. The van der Waals surface area contributed by atoms with Gasteiger partial charge in [0.25, 0.3) is 0 Å². The van der Waals surface area contributed by atoms with Gasteiger partial charge >= 0.3 is 0 Å². The molecule has 0 spiro atoms. The zero-order chi connectivity index (χ0) is 10.6. The van der Waals surface area contributed by atoms with Crippen LogP contribution < -0.4 is 5.73 Å². The van der Waals surface area contributed by atoms with Crippen molar-refractivity contribution in [2.75, 3.05) is 6.54 Å². The van der Waals surface area contributed by atoms with E-state index in [0.717, 1.165) is 12.1 Å². The maximum absolute atomic E-state index is 13.1. The fourth-order valence-corrected chi connectivity index (χ4v) is 1.78. The predicted molar refractivity (Wildman–Crippen MR) is 56.2 cm³/mol. The first kappa shape index (κ1) is 11.5. The van der Waals surface area contributed by atoms with E-state index < -0.39 is 5.82 Å². The molecular formula is C10H13F2NS. The van der Waals surface area contributed by atoms with Gasteiger partial charge in [0, 0.05) is 23.1 Å². The van der Waals surface area contributed by atoms with Crippen molar-refractivity contribution in [2.24, 2.45) is 5.73 Å². The molecule has 1 rings (SSSR count). The molecule has 1 nitrogen and oxygen atoms in total. The Balaban J connectivity index is 2.62. The minimum absolute atomic E-state index is 0.262. The van der Waals surface area contributed by atoms with Gasteiger partial charge in [-0.25, -0.2) is 8.78 Å². The molecule has 0 saturated heterocycles. The van der Waals surface area contributed by atoms with Gasteiger partial charge in [-0.05, 0) is 18.2 Å². The first-order valence-electron chi connectivity index (χ1n) is 4.39. The van der Waals surface area contributed by atoms with Crippen LogP contribution in [0.3, 0.4) is 0 Å². The topological polar surface area (TPSA) is 26.0 Å². The standard InChI is InChI=1S/C10H13F2NS/c1-7(5-13)14-6-8-4-9(11)2-3-10(8)12/h2-4,7H,5-6,13H2,1H3. The molecule has 2 N–H and O–H groups in total. The lowest BCUT2D eigenvalue weighted by Gasteiger charge is -2.08. The minimum atomic E-state index is -0.401. The van der Waals surface area contributed by atoms with Gasteiger partial charge in [-0.2, -0.15) is 11.8 Å². The van der Waals surface area contributed by atoms with Gasteiger partial charge in [-0.1, -0.05) is 6.92 Å². The molecule has 4 heteroatoms. The van der Waals surface area contributed by atoms with Crippen LogP contribution in [0.4, 0.5) is 8.78 Å². The Bertz CT molecular complexity index is 304. The average Bonchev–Trinajstić information content (AvgIpc) is 2.19. The fraction of sp³-hybridized carbons (Fsp3) is 0.400. The highest BCUT2D eigenvalue weighted by molar-refractivity contribution is 7.99. The Morgan fingerprint density at radius 2 is 2.14 bits per heavy atom. The smallest absolute Gasteiger partial charge is 0.127 e. The molecule has 0 fully saturated rings. The first-order chi connectivity index (χ1) is 6.63. The summed E-state index contributed by atoms with van der Waals surface area (Å²) in [7, 11) is 0. The van der Waals surface area contributed by atoms with E-state index in [1.54, 1.807) is 0 Å². The van der Waals surface area contributed by atoms with Gasteiger partial charge in [-0.15, -0.1) is 0 Å². The monoisotopic (exact) mass is 217 g/mol. The van der Waals surface area contributed by atoms with E-state index in [-0.39, 0.29) is 11.1 Å². The number of benzene rings is 1. The highest BCUT2D eigenvalue weighted by Gasteiger charge is 2.06. The summed E-state index contributed by atoms with van der Waals surface area (Å²) < 4.78 is 25.9. The van der Waals surface area contributed by atoms with Crippen molar-refractivity contribution in [1.82, 2.24) is 0 Å². The van der Waals surface area contributed by atoms with Crippen LogP contribution in [0.15, 0.2) is 18.2 Å². The Hall–Kier alpha value is -0.610. The lowest BCUT2D eigenvalue weighted by atomic mass is 10.2. The Labute approximate surface area is 86.7 Å². The SMILES string of the molecule is CC(CN)SCc1cc(F)ccc1F. The second-order valence-electron chi connectivity index (χ2n) is 3.09. The lowest BCUT2D eigenvalue weighted by molar-refractivity contribution is 0.591. The van der Waals surface area contributed by atoms with Crippen LogP contribution in [-0.4, -0.2) is 11.8 Å². The van der Waals surface area contributed by atoms with E-state index in [1.165, 1.54) is 17.8 Å². The molecule has 0 aliphatic carbocycles.